The Labute approximate surface area is 209 Å². The van der Waals surface area contributed by atoms with Crippen molar-refractivity contribution in [2.45, 2.75) is 48.6 Å². The number of aryl methyl sites for hydroxylation is 1. The molecule has 1 unspecified atom stereocenters. The number of imidazole rings is 1. The van der Waals surface area contributed by atoms with Crippen molar-refractivity contribution < 1.29 is 8.42 Å². The molecule has 11 heteroatoms. The van der Waals surface area contributed by atoms with Crippen molar-refractivity contribution in [2.24, 2.45) is 7.05 Å². The van der Waals surface area contributed by atoms with Crippen LogP contribution in [0.5, 0.6) is 0 Å². The van der Waals surface area contributed by atoms with Gasteiger partial charge in [-0.1, -0.05) is 30.2 Å². The summed E-state index contributed by atoms with van der Waals surface area (Å²) in [5.41, 5.74) is 2.50. The number of rotatable bonds is 7. The minimum Gasteiger partial charge on any atom is -0.339 e. The van der Waals surface area contributed by atoms with Gasteiger partial charge in [-0.15, -0.1) is 23.7 Å². The van der Waals surface area contributed by atoms with Crippen LogP contribution in [0, 0.1) is 0 Å². The van der Waals surface area contributed by atoms with E-state index in [-0.39, 0.29) is 28.9 Å². The third-order valence-electron chi connectivity index (χ3n) is 6.55. The van der Waals surface area contributed by atoms with Crippen LogP contribution >= 0.6 is 35.3 Å². The molecule has 0 bridgehead atoms. The van der Waals surface area contributed by atoms with Gasteiger partial charge in [0, 0.05) is 48.1 Å². The van der Waals surface area contributed by atoms with E-state index in [9.17, 15) is 8.42 Å². The summed E-state index contributed by atoms with van der Waals surface area (Å²) >= 11 is 7.84. The van der Waals surface area contributed by atoms with E-state index < -0.39 is 10.0 Å². The van der Waals surface area contributed by atoms with Gasteiger partial charge in [0.25, 0.3) is 10.0 Å². The van der Waals surface area contributed by atoms with Crippen molar-refractivity contribution in [3.63, 3.8) is 0 Å². The lowest BCUT2D eigenvalue weighted by Crippen LogP contribution is -2.49. The molecular weight excluding hydrogens is 501 g/mol. The van der Waals surface area contributed by atoms with Crippen molar-refractivity contribution in [2.75, 3.05) is 13.1 Å². The highest BCUT2D eigenvalue weighted by molar-refractivity contribution is 7.89. The van der Waals surface area contributed by atoms with E-state index in [2.05, 4.69) is 27.2 Å². The number of nitrogens with one attached hydrogen (secondary N) is 2. The maximum atomic E-state index is 12.4. The zero-order valence-corrected chi connectivity index (χ0v) is 21.5. The Balaban J connectivity index is 0.00000259. The Morgan fingerprint density at radius 1 is 1.30 bits per heavy atom. The Morgan fingerprint density at radius 2 is 2.06 bits per heavy atom. The highest BCUT2D eigenvalue weighted by Crippen LogP contribution is 2.53. The van der Waals surface area contributed by atoms with Gasteiger partial charge in [-0.05, 0) is 37.0 Å². The number of benzene rings is 1. The molecule has 1 fully saturated rings. The van der Waals surface area contributed by atoms with Crippen LogP contribution in [0.15, 0.2) is 41.8 Å². The molecule has 0 amide bonds. The number of thiazole rings is 1. The van der Waals surface area contributed by atoms with Gasteiger partial charge in [-0.2, -0.15) is 0 Å². The Morgan fingerprint density at radius 3 is 2.70 bits per heavy atom. The fourth-order valence-corrected chi connectivity index (χ4v) is 7.03. The number of hydrogen-bond donors (Lipinski definition) is 2. The third-order valence-corrected chi connectivity index (χ3v) is 9.34. The van der Waals surface area contributed by atoms with E-state index in [0.717, 1.165) is 41.5 Å². The second-order valence-electron chi connectivity index (χ2n) is 8.59. The lowest BCUT2D eigenvalue weighted by atomic mass is 9.59. The minimum atomic E-state index is -3.61. The zero-order valence-electron chi connectivity index (χ0n) is 18.3. The molecule has 2 aliphatic rings. The molecule has 178 valence electrons. The van der Waals surface area contributed by atoms with Gasteiger partial charge in [0.2, 0.25) is 0 Å². The first-order valence-corrected chi connectivity index (χ1v) is 13.5. The Bertz CT molecular complexity index is 1220. The maximum Gasteiger partial charge on any atom is 0.259 e. The summed E-state index contributed by atoms with van der Waals surface area (Å²) in [5, 5.41) is 5.50. The fourth-order valence-electron chi connectivity index (χ4n) is 4.79. The normalized spacial score (nSPS) is 19.4. The van der Waals surface area contributed by atoms with E-state index >= 15 is 0 Å². The number of sulfonamides is 1. The molecule has 3 aromatic rings. The number of hydrogen-bond acceptors (Lipinski definition) is 6. The predicted octanol–water partition coefficient (Wildman–Crippen LogP) is 3.78. The van der Waals surface area contributed by atoms with E-state index in [1.807, 2.05) is 12.1 Å². The van der Waals surface area contributed by atoms with Crippen molar-refractivity contribution in [1.82, 2.24) is 24.6 Å². The maximum absolute atomic E-state index is 12.4. The molecular formula is C22H27Cl2N5O2S2. The van der Waals surface area contributed by atoms with Gasteiger partial charge in [-0.3, -0.25) is 0 Å². The smallest absolute Gasteiger partial charge is 0.259 e. The second-order valence-corrected chi connectivity index (χ2v) is 11.9. The van der Waals surface area contributed by atoms with Gasteiger partial charge in [0.1, 0.15) is 0 Å². The highest BCUT2D eigenvalue weighted by Gasteiger charge is 2.48. The standard InChI is InChI=1S/C22H26ClN5O2S2.ClH/c1-28-13-19(25-14-28)32(29,30)26-12-8-18-27-20-17(31-18)7-11-24-21(20)22(9-2-10-22)15-3-5-16(23)6-4-15;/h3-6,13-14,21,24,26H,2,7-12H2,1H3;1H. The van der Waals surface area contributed by atoms with Crippen LogP contribution in [0.1, 0.15) is 46.4 Å². The van der Waals surface area contributed by atoms with Crippen molar-refractivity contribution in [3.8, 4) is 0 Å². The number of aromatic nitrogens is 3. The average Bonchev–Trinajstić information content (AvgIpc) is 3.35. The minimum absolute atomic E-state index is 0. The van der Waals surface area contributed by atoms with Gasteiger partial charge in [0.05, 0.1) is 23.1 Å². The van der Waals surface area contributed by atoms with Gasteiger partial charge in [0.15, 0.2) is 5.03 Å². The first kappa shape index (κ1) is 24.6. The molecule has 33 heavy (non-hydrogen) atoms. The molecule has 2 aromatic heterocycles. The molecule has 1 atom stereocenters. The van der Waals surface area contributed by atoms with Crippen LogP contribution in [0.2, 0.25) is 5.02 Å². The lowest BCUT2D eigenvalue weighted by Gasteiger charge is -2.49. The summed E-state index contributed by atoms with van der Waals surface area (Å²) in [5.74, 6) is 0. The van der Waals surface area contributed by atoms with Gasteiger partial charge in [-0.25, -0.2) is 23.1 Å². The largest absolute Gasteiger partial charge is 0.339 e. The quantitative estimate of drug-likeness (QED) is 0.487. The summed E-state index contributed by atoms with van der Waals surface area (Å²) in [6.07, 6.45) is 7.96. The van der Waals surface area contributed by atoms with Crippen LogP contribution in [-0.4, -0.2) is 36.0 Å². The second kappa shape index (κ2) is 9.64. The molecule has 1 aromatic carbocycles. The summed E-state index contributed by atoms with van der Waals surface area (Å²) < 4.78 is 29.1. The molecule has 7 nitrogen and oxygen atoms in total. The van der Waals surface area contributed by atoms with Gasteiger partial charge < -0.3 is 9.88 Å². The molecule has 0 radical (unpaired) electrons. The topological polar surface area (TPSA) is 88.9 Å². The summed E-state index contributed by atoms with van der Waals surface area (Å²) in [7, 11) is -1.86. The third kappa shape index (κ3) is 4.72. The van der Waals surface area contributed by atoms with Crippen LogP contribution in [0.25, 0.3) is 0 Å². The summed E-state index contributed by atoms with van der Waals surface area (Å²) in [6.45, 7) is 1.23. The Kier molecular flexibility index (Phi) is 7.19. The van der Waals surface area contributed by atoms with E-state index in [1.54, 1.807) is 23.0 Å². The summed E-state index contributed by atoms with van der Waals surface area (Å²) in [4.78, 5) is 10.2. The number of halogens is 2. The molecule has 3 heterocycles. The average molecular weight is 529 g/mol. The lowest BCUT2D eigenvalue weighted by molar-refractivity contribution is 0.162. The van der Waals surface area contributed by atoms with E-state index in [4.69, 9.17) is 16.6 Å². The molecule has 1 saturated carbocycles. The predicted molar refractivity (Wildman–Crippen MR) is 133 cm³/mol. The molecule has 5 rings (SSSR count). The molecule has 1 aliphatic carbocycles. The molecule has 2 N–H and O–H groups in total. The van der Waals surface area contributed by atoms with Crippen LogP contribution in [0.3, 0.4) is 0 Å². The summed E-state index contributed by atoms with van der Waals surface area (Å²) in [6, 6.07) is 8.42. The first-order valence-electron chi connectivity index (χ1n) is 10.8. The number of nitrogens with zero attached hydrogens (tertiary/aromatic N) is 3. The van der Waals surface area contributed by atoms with Crippen LogP contribution in [0.4, 0.5) is 0 Å². The van der Waals surface area contributed by atoms with Crippen molar-refractivity contribution >= 4 is 45.4 Å². The molecule has 0 spiro atoms. The van der Waals surface area contributed by atoms with Crippen LogP contribution in [-0.2, 0) is 35.3 Å². The fraction of sp³-hybridized carbons (Fsp3) is 0.455. The molecule has 0 saturated heterocycles. The first-order chi connectivity index (χ1) is 15.4. The monoisotopic (exact) mass is 527 g/mol. The van der Waals surface area contributed by atoms with Crippen molar-refractivity contribution in [3.05, 3.63) is 63.0 Å². The zero-order chi connectivity index (χ0) is 22.3. The Hall–Kier alpha value is -1.49. The van der Waals surface area contributed by atoms with Gasteiger partial charge >= 0.3 is 0 Å². The SMILES string of the molecule is Cl.Cn1cnc(S(=O)(=O)NCCc2nc3c(s2)CCNC3C2(c3ccc(Cl)cc3)CCC2)c1. The van der Waals surface area contributed by atoms with E-state index in [0.29, 0.717) is 13.0 Å². The molecule has 1 aliphatic heterocycles. The van der Waals surface area contributed by atoms with E-state index in [1.165, 1.54) is 29.4 Å². The van der Waals surface area contributed by atoms with Crippen LogP contribution < -0.4 is 10.0 Å². The number of fused-ring (bicyclic) bond motifs is 1. The van der Waals surface area contributed by atoms with Crippen molar-refractivity contribution in [1.29, 1.82) is 0 Å². The highest BCUT2D eigenvalue weighted by atomic mass is 35.5.